The summed E-state index contributed by atoms with van der Waals surface area (Å²) in [5.74, 6) is 0.291. The van der Waals surface area contributed by atoms with Crippen LogP contribution in [0.1, 0.15) is 215 Å². The molecule has 6 aliphatic carbocycles. The summed E-state index contributed by atoms with van der Waals surface area (Å²) in [6.07, 6.45) is 22.2. The minimum absolute atomic E-state index is 0.0116. The van der Waals surface area contributed by atoms with Gasteiger partial charge in [0.25, 0.3) is 0 Å². The number of benzene rings is 6. The number of Topliss-reactive ketones (excluding diaryl/α,β-unsaturated/α-hetero) is 1. The molecule has 2 spiro atoms. The standard InChI is InChI=1S/2C18H27N3O.C17H27N3O.C17H23N3O.C15H21N3.C14H19NO/c2*1-4-21-16(22)19-14-17(21)10-12-18(13-11-17,20(2)3)15-8-6-5-7-9-15;2*1-14(21)19-16(13-18)9-11-17(12-10-16,20(2)3)15-7-5-4-6-8-15;1-18(2)15(13-6-4-3-5-7-13)10-8-14(17,12-16)9-11-15;1-15(2)14(10-8-13(16)9-11-14)12-6-4-3-5-7-12/h2*5-9H,4,10-14H2,1-3H3,(H,19,22);4-8H,9-13,18H2,1-3H3,(H,19,21);4-8H,9-12H2,1-3H3,(H,19,21);3-7H,8-11,17H2,1-2H3;3-7H,8-11H2,1-2H3. The molecule has 0 atom stereocenters. The molecule has 6 amide bonds. The van der Waals surface area contributed by atoms with E-state index in [4.69, 9.17) is 16.7 Å². The van der Waals surface area contributed by atoms with Gasteiger partial charge in [-0.3, -0.25) is 43.8 Å². The Hall–Kier alpha value is -8.87. The highest BCUT2D eigenvalue weighted by atomic mass is 16.2. The number of nitrogens with one attached hydrogen (secondary N) is 4. The molecule has 0 radical (unpaired) electrons. The molecule has 2 aliphatic heterocycles. The van der Waals surface area contributed by atoms with Crippen LogP contribution in [-0.2, 0) is 47.6 Å². The van der Waals surface area contributed by atoms with E-state index in [-0.39, 0.29) is 73.7 Å². The van der Waals surface area contributed by atoms with E-state index in [1.54, 1.807) is 6.92 Å². The summed E-state index contributed by atoms with van der Waals surface area (Å²) in [7, 11) is 25.6. The fourth-order valence-corrected chi connectivity index (χ4v) is 21.6. The molecule has 2 saturated heterocycles. The number of amides is 6. The number of rotatable bonds is 17. The predicted octanol–water partition coefficient (Wildman–Crippen LogP) is 14.7. The molecule has 8 N–H and O–H groups in total. The predicted molar refractivity (Wildman–Crippen MR) is 484 cm³/mol. The van der Waals surface area contributed by atoms with E-state index >= 15 is 0 Å². The highest BCUT2D eigenvalue weighted by molar-refractivity contribution is 5.80. The second-order valence-electron chi connectivity index (χ2n) is 36.9. The molecule has 120 heavy (non-hydrogen) atoms. The van der Waals surface area contributed by atoms with Crippen molar-refractivity contribution in [2.45, 2.75) is 243 Å². The molecule has 0 bridgehead atoms. The van der Waals surface area contributed by atoms with Gasteiger partial charge in [0.05, 0.1) is 28.8 Å². The van der Waals surface area contributed by atoms with Crippen LogP contribution in [0, 0.1) is 22.7 Å². The lowest BCUT2D eigenvalue weighted by Crippen LogP contribution is -2.59. The van der Waals surface area contributed by atoms with Gasteiger partial charge in [-0.25, -0.2) is 9.59 Å². The van der Waals surface area contributed by atoms with Gasteiger partial charge in [0.15, 0.2) is 0 Å². The molecular weight excluding hydrogens is 1490 g/mol. The minimum atomic E-state index is -0.708. The van der Waals surface area contributed by atoms with Crippen LogP contribution in [-0.4, -0.2) is 214 Å². The van der Waals surface area contributed by atoms with Crippen molar-refractivity contribution in [1.29, 1.82) is 10.5 Å². The Kier molecular flexibility index (Phi) is 32.4. The van der Waals surface area contributed by atoms with Crippen molar-refractivity contribution in [1.82, 2.24) is 60.5 Å². The number of nitriles is 2. The third-order valence-electron chi connectivity index (χ3n) is 29.7. The summed E-state index contributed by atoms with van der Waals surface area (Å²) in [5, 5.41) is 30.7. The zero-order chi connectivity index (χ0) is 87.4. The lowest BCUT2D eigenvalue weighted by Gasteiger charge is -2.50. The van der Waals surface area contributed by atoms with Crippen molar-refractivity contribution < 1.29 is 24.0 Å². The van der Waals surface area contributed by atoms with Gasteiger partial charge in [0.1, 0.15) is 16.9 Å². The first-order valence-electron chi connectivity index (χ1n) is 44.0. The maximum Gasteiger partial charge on any atom is 0.317 e. The Balaban J connectivity index is 0.000000164. The van der Waals surface area contributed by atoms with Crippen molar-refractivity contribution in [2.75, 3.05) is 117 Å². The topological polar surface area (TPSA) is 259 Å². The molecule has 6 saturated carbocycles. The molecule has 0 unspecified atom stereocenters. The Morgan fingerprint density at radius 2 is 0.608 bits per heavy atom. The molecule has 8 aliphatic rings. The van der Waals surface area contributed by atoms with Gasteiger partial charge < -0.3 is 42.5 Å². The van der Waals surface area contributed by atoms with Crippen LogP contribution >= 0.6 is 0 Å². The molecule has 2 heterocycles. The van der Waals surface area contributed by atoms with E-state index in [1.165, 1.54) is 40.3 Å². The summed E-state index contributed by atoms with van der Waals surface area (Å²) >= 11 is 0. The highest BCUT2D eigenvalue weighted by Crippen LogP contribution is 2.52. The van der Waals surface area contributed by atoms with E-state index in [1.807, 2.05) is 18.2 Å². The SMILES string of the molecule is CC(=O)NC1(C#N)CCC(c2ccccc2)(N(C)C)CC1.CC(=O)NC1(CN)CCC(c2ccccc2)(N(C)C)CC1.CCN1C(=O)NCC12CCC(c1ccccc1)(N(C)C)CC2.CCN1C(=O)NCC12CCC(c1ccccc1)(N(C)C)CC2.CN(C)C1(c2ccccc2)CCC(=O)CC1.CN(C)C1(c2ccccc2)CCC(N)(C#N)CC1. The van der Waals surface area contributed by atoms with Crippen molar-refractivity contribution in [3.05, 3.63) is 215 Å². The molecule has 6 aromatic rings. The highest BCUT2D eigenvalue weighted by Gasteiger charge is 2.55. The Bertz CT molecular complexity index is 4210. The normalized spacial score (nSPS) is 29.4. The molecule has 14 rings (SSSR count). The average molecular weight is 1640 g/mol. The maximum atomic E-state index is 12.0. The lowest BCUT2D eigenvalue weighted by atomic mass is 9.68. The number of ketones is 1. The van der Waals surface area contributed by atoms with Gasteiger partial charge in [-0.05, 0) is 273 Å². The van der Waals surface area contributed by atoms with Crippen LogP contribution in [0.5, 0.6) is 0 Å². The zero-order valence-electron chi connectivity index (χ0n) is 75.5. The Morgan fingerprint density at radius 3 is 0.833 bits per heavy atom. The Morgan fingerprint density at radius 1 is 0.367 bits per heavy atom. The maximum absolute atomic E-state index is 12.0. The third kappa shape index (κ3) is 20.7. The van der Waals surface area contributed by atoms with E-state index in [0.29, 0.717) is 38.0 Å². The molecule has 21 nitrogen and oxygen atoms in total. The summed E-state index contributed by atoms with van der Waals surface area (Å²) in [6.45, 7) is 10.9. The van der Waals surface area contributed by atoms with Crippen molar-refractivity contribution >= 4 is 29.7 Å². The first kappa shape index (κ1) is 95.0. The monoisotopic (exact) mass is 1640 g/mol. The summed E-state index contributed by atoms with van der Waals surface area (Å²) in [4.78, 5) is 76.3. The van der Waals surface area contributed by atoms with E-state index in [9.17, 15) is 29.2 Å². The van der Waals surface area contributed by atoms with Gasteiger partial charge >= 0.3 is 12.1 Å². The largest absolute Gasteiger partial charge is 0.350 e. The molecular formula is C99H144N16O5. The number of carbonyl (C=O) groups excluding carboxylic acids is 5. The molecule has 0 aromatic heterocycles. The van der Waals surface area contributed by atoms with Gasteiger partial charge in [0, 0.05) is 92.6 Å². The minimum Gasteiger partial charge on any atom is -0.350 e. The summed E-state index contributed by atoms with van der Waals surface area (Å²) in [6, 6.07) is 68.7. The van der Waals surface area contributed by atoms with Crippen LogP contribution in [0.25, 0.3) is 0 Å². The first-order chi connectivity index (χ1) is 57.1. The number of hydrogen-bond donors (Lipinski definition) is 6. The molecule has 8 fully saturated rings. The van der Waals surface area contributed by atoms with E-state index < -0.39 is 11.1 Å². The van der Waals surface area contributed by atoms with Crippen molar-refractivity contribution in [3.63, 3.8) is 0 Å². The van der Waals surface area contributed by atoms with Crippen LogP contribution in [0.4, 0.5) is 9.59 Å². The van der Waals surface area contributed by atoms with Gasteiger partial charge in [-0.15, -0.1) is 0 Å². The molecule has 650 valence electrons. The lowest BCUT2D eigenvalue weighted by molar-refractivity contribution is -0.123. The number of likely N-dealkylation sites (N-methyl/N-ethyl adjacent to an activating group) is 2. The second-order valence-corrected chi connectivity index (χ2v) is 36.9. The van der Waals surface area contributed by atoms with Crippen LogP contribution in [0.2, 0.25) is 0 Å². The number of hydrogen-bond acceptors (Lipinski definition) is 15. The van der Waals surface area contributed by atoms with Crippen LogP contribution < -0.4 is 32.7 Å². The smallest absolute Gasteiger partial charge is 0.317 e. The molecule has 6 aromatic carbocycles. The summed E-state index contributed by atoms with van der Waals surface area (Å²) in [5.41, 5.74) is 18.9. The number of carbonyl (C=O) groups is 5. The van der Waals surface area contributed by atoms with Crippen molar-refractivity contribution in [2.24, 2.45) is 11.5 Å². The number of nitrogens with two attached hydrogens (primary N) is 2. The van der Waals surface area contributed by atoms with Crippen molar-refractivity contribution in [3.8, 4) is 12.1 Å². The van der Waals surface area contributed by atoms with Gasteiger partial charge in [-0.2, -0.15) is 10.5 Å². The molecule has 21 heteroatoms. The fourth-order valence-electron chi connectivity index (χ4n) is 21.6. The first-order valence-corrected chi connectivity index (χ1v) is 44.0. The van der Waals surface area contributed by atoms with Crippen LogP contribution in [0.15, 0.2) is 182 Å². The average Bonchev–Trinajstić information content (AvgIpc) is 1.54. The van der Waals surface area contributed by atoms with Gasteiger partial charge in [0.2, 0.25) is 11.8 Å². The summed E-state index contributed by atoms with van der Waals surface area (Å²) < 4.78 is 0. The number of nitrogens with zero attached hydrogens (tertiary/aromatic N) is 10. The van der Waals surface area contributed by atoms with Gasteiger partial charge in [-0.1, -0.05) is 182 Å². The Labute approximate surface area is 719 Å². The quantitative estimate of drug-likeness (QED) is 0.0496. The second kappa shape index (κ2) is 40.9. The zero-order valence-corrected chi connectivity index (χ0v) is 75.5. The number of urea groups is 2. The van der Waals surface area contributed by atoms with E-state index in [2.05, 4.69) is 335 Å². The third-order valence-corrected chi connectivity index (χ3v) is 29.7. The van der Waals surface area contributed by atoms with E-state index in [0.717, 1.165) is 155 Å². The van der Waals surface area contributed by atoms with Crippen LogP contribution in [0.3, 0.4) is 0 Å². The fraction of sp³-hybridized carbons (Fsp3) is 0.566.